The lowest BCUT2D eigenvalue weighted by Gasteiger charge is -2.19. The zero-order valence-corrected chi connectivity index (χ0v) is 9.08. The van der Waals surface area contributed by atoms with E-state index in [2.05, 4.69) is 0 Å². The van der Waals surface area contributed by atoms with Crippen LogP contribution in [0.25, 0.3) is 0 Å². The summed E-state index contributed by atoms with van der Waals surface area (Å²) in [5.41, 5.74) is 3.69. The molecule has 0 spiro atoms. The van der Waals surface area contributed by atoms with Crippen molar-refractivity contribution >= 4 is 5.97 Å². The van der Waals surface area contributed by atoms with Crippen molar-refractivity contribution in [3.05, 3.63) is 35.4 Å². The summed E-state index contributed by atoms with van der Waals surface area (Å²) in [5, 5.41) is 8.78. The Hall–Kier alpha value is -1.56. The van der Waals surface area contributed by atoms with Crippen molar-refractivity contribution in [1.29, 1.82) is 0 Å². The number of carboxylic acid groups (broad SMARTS) is 1. The van der Waals surface area contributed by atoms with E-state index in [-0.39, 0.29) is 6.42 Å². The molecule has 1 aromatic carbocycles. The molecular formula is C11H12F3NO2. The third-order valence-electron chi connectivity index (χ3n) is 2.34. The van der Waals surface area contributed by atoms with Crippen LogP contribution in [0.2, 0.25) is 0 Å². The Kier molecular flexibility index (Phi) is 3.47. The molecular weight excluding hydrogens is 235 g/mol. The van der Waals surface area contributed by atoms with Crippen LogP contribution in [-0.2, 0) is 17.4 Å². The van der Waals surface area contributed by atoms with Crippen LogP contribution in [0.15, 0.2) is 24.3 Å². The monoisotopic (exact) mass is 247 g/mol. The number of benzene rings is 1. The predicted octanol–water partition coefficient (Wildman–Crippen LogP) is 2.05. The molecule has 0 aliphatic heterocycles. The van der Waals surface area contributed by atoms with Gasteiger partial charge in [-0.1, -0.05) is 12.1 Å². The molecule has 0 radical (unpaired) electrons. The van der Waals surface area contributed by atoms with E-state index >= 15 is 0 Å². The lowest BCUT2D eigenvalue weighted by molar-refractivity contribution is -0.142. The van der Waals surface area contributed by atoms with Crippen LogP contribution in [0.3, 0.4) is 0 Å². The minimum Gasteiger partial charge on any atom is -0.480 e. The van der Waals surface area contributed by atoms with Crippen molar-refractivity contribution in [2.24, 2.45) is 5.73 Å². The quantitative estimate of drug-likeness (QED) is 0.859. The maximum Gasteiger partial charge on any atom is 0.416 e. The Labute approximate surface area is 96.0 Å². The molecule has 0 fully saturated rings. The Morgan fingerprint density at radius 1 is 1.29 bits per heavy atom. The predicted molar refractivity (Wildman–Crippen MR) is 55.4 cm³/mol. The van der Waals surface area contributed by atoms with E-state index in [4.69, 9.17) is 10.8 Å². The molecule has 6 heteroatoms. The van der Waals surface area contributed by atoms with Crippen LogP contribution in [0, 0.1) is 0 Å². The molecule has 0 aliphatic rings. The van der Waals surface area contributed by atoms with Gasteiger partial charge < -0.3 is 10.8 Å². The van der Waals surface area contributed by atoms with Crippen molar-refractivity contribution in [2.45, 2.75) is 25.1 Å². The van der Waals surface area contributed by atoms with Crippen LogP contribution >= 0.6 is 0 Å². The highest BCUT2D eigenvalue weighted by molar-refractivity contribution is 5.78. The number of rotatable bonds is 3. The van der Waals surface area contributed by atoms with Gasteiger partial charge in [0, 0.05) is 6.42 Å². The molecule has 0 amide bonds. The first-order chi connectivity index (χ1) is 7.63. The Bertz CT molecular complexity index is 410. The number of nitrogens with two attached hydrogens (primary N) is 1. The van der Waals surface area contributed by atoms with Gasteiger partial charge in [0.1, 0.15) is 5.54 Å². The maximum atomic E-state index is 12.3. The molecule has 0 saturated heterocycles. The van der Waals surface area contributed by atoms with E-state index < -0.39 is 23.2 Å². The molecule has 0 saturated carbocycles. The molecule has 94 valence electrons. The zero-order valence-electron chi connectivity index (χ0n) is 9.08. The van der Waals surface area contributed by atoms with Crippen molar-refractivity contribution < 1.29 is 23.1 Å². The third kappa shape index (κ3) is 3.45. The Morgan fingerprint density at radius 3 is 2.12 bits per heavy atom. The topological polar surface area (TPSA) is 63.3 Å². The van der Waals surface area contributed by atoms with Gasteiger partial charge in [0.2, 0.25) is 0 Å². The number of alkyl halides is 3. The summed E-state index contributed by atoms with van der Waals surface area (Å²) < 4.78 is 36.8. The van der Waals surface area contributed by atoms with E-state index in [0.717, 1.165) is 12.1 Å². The van der Waals surface area contributed by atoms with Crippen molar-refractivity contribution in [1.82, 2.24) is 0 Å². The fourth-order valence-corrected chi connectivity index (χ4v) is 1.31. The summed E-state index contributed by atoms with van der Waals surface area (Å²) in [6, 6.07) is 4.29. The zero-order chi connectivity index (χ0) is 13.3. The number of halogens is 3. The first kappa shape index (κ1) is 13.5. The van der Waals surface area contributed by atoms with Crippen LogP contribution in [0.1, 0.15) is 18.1 Å². The third-order valence-corrected chi connectivity index (χ3v) is 2.34. The summed E-state index contributed by atoms with van der Waals surface area (Å²) in [5.74, 6) is -1.20. The smallest absolute Gasteiger partial charge is 0.416 e. The van der Waals surface area contributed by atoms with E-state index in [1.165, 1.54) is 19.1 Å². The minimum atomic E-state index is -4.39. The summed E-state index contributed by atoms with van der Waals surface area (Å²) in [7, 11) is 0. The van der Waals surface area contributed by atoms with E-state index in [9.17, 15) is 18.0 Å². The van der Waals surface area contributed by atoms with Crippen molar-refractivity contribution in [2.75, 3.05) is 0 Å². The largest absolute Gasteiger partial charge is 0.480 e. The molecule has 1 atom stereocenters. The van der Waals surface area contributed by atoms with Gasteiger partial charge in [0.25, 0.3) is 0 Å². The summed E-state index contributed by atoms with van der Waals surface area (Å²) in [6.45, 7) is 1.31. The number of aliphatic carboxylic acids is 1. The first-order valence-corrected chi connectivity index (χ1v) is 4.81. The molecule has 0 heterocycles. The van der Waals surface area contributed by atoms with Gasteiger partial charge >= 0.3 is 12.1 Å². The molecule has 3 N–H and O–H groups in total. The van der Waals surface area contributed by atoms with Gasteiger partial charge in [-0.2, -0.15) is 13.2 Å². The number of hydrogen-bond donors (Lipinski definition) is 2. The summed E-state index contributed by atoms with van der Waals surface area (Å²) in [4.78, 5) is 10.7. The molecule has 17 heavy (non-hydrogen) atoms. The fourth-order valence-electron chi connectivity index (χ4n) is 1.31. The van der Waals surface area contributed by atoms with Crippen LogP contribution < -0.4 is 5.73 Å². The highest BCUT2D eigenvalue weighted by atomic mass is 19.4. The van der Waals surface area contributed by atoms with Gasteiger partial charge in [0.05, 0.1) is 5.56 Å². The number of carboxylic acids is 1. The lowest BCUT2D eigenvalue weighted by Crippen LogP contribution is -2.46. The maximum absolute atomic E-state index is 12.3. The molecule has 0 aliphatic carbocycles. The van der Waals surface area contributed by atoms with Crippen molar-refractivity contribution in [3.8, 4) is 0 Å². The van der Waals surface area contributed by atoms with Gasteiger partial charge in [-0.25, -0.2) is 0 Å². The molecule has 3 nitrogen and oxygen atoms in total. The molecule has 1 rings (SSSR count). The highest BCUT2D eigenvalue weighted by Gasteiger charge is 2.31. The molecule has 1 aromatic rings. The van der Waals surface area contributed by atoms with E-state index in [1.807, 2.05) is 0 Å². The van der Waals surface area contributed by atoms with Gasteiger partial charge in [-0.3, -0.25) is 4.79 Å². The number of carbonyl (C=O) groups is 1. The van der Waals surface area contributed by atoms with Crippen LogP contribution in [0.5, 0.6) is 0 Å². The van der Waals surface area contributed by atoms with Gasteiger partial charge in [-0.15, -0.1) is 0 Å². The summed E-state index contributed by atoms with van der Waals surface area (Å²) in [6.07, 6.45) is -4.42. The van der Waals surface area contributed by atoms with E-state index in [0.29, 0.717) is 5.56 Å². The first-order valence-electron chi connectivity index (χ1n) is 4.81. The molecule has 1 unspecified atom stereocenters. The molecule has 0 bridgehead atoms. The lowest BCUT2D eigenvalue weighted by atomic mass is 9.93. The SMILES string of the molecule is CC(N)(Cc1ccc(C(F)(F)F)cc1)C(=O)O. The standard InChI is InChI=1S/C11H12F3NO2/c1-10(15,9(16)17)6-7-2-4-8(5-3-7)11(12,13)14/h2-5H,6,15H2,1H3,(H,16,17). The second kappa shape index (κ2) is 4.37. The second-order valence-corrected chi connectivity index (χ2v) is 4.09. The number of hydrogen-bond acceptors (Lipinski definition) is 2. The minimum absolute atomic E-state index is 0.0273. The molecule has 0 aromatic heterocycles. The van der Waals surface area contributed by atoms with Crippen LogP contribution in [0.4, 0.5) is 13.2 Å². The second-order valence-electron chi connectivity index (χ2n) is 4.09. The van der Waals surface area contributed by atoms with Crippen molar-refractivity contribution in [3.63, 3.8) is 0 Å². The van der Waals surface area contributed by atoms with Crippen LogP contribution in [-0.4, -0.2) is 16.6 Å². The average molecular weight is 247 g/mol. The fraction of sp³-hybridized carbons (Fsp3) is 0.364. The Morgan fingerprint density at radius 2 is 1.76 bits per heavy atom. The highest BCUT2D eigenvalue weighted by Crippen LogP contribution is 2.29. The van der Waals surface area contributed by atoms with Gasteiger partial charge in [-0.05, 0) is 24.6 Å². The normalized spacial score (nSPS) is 15.4. The average Bonchev–Trinajstić information content (AvgIpc) is 2.16. The van der Waals surface area contributed by atoms with Gasteiger partial charge in [0.15, 0.2) is 0 Å². The summed E-state index contributed by atoms with van der Waals surface area (Å²) >= 11 is 0. The Balaban J connectivity index is 2.86. The van der Waals surface area contributed by atoms with E-state index in [1.54, 1.807) is 0 Å².